The highest BCUT2D eigenvalue weighted by atomic mass is 127. The molecular formula is C17H31IN4O. The molecule has 0 radical (unpaired) electrons. The number of nitrogens with one attached hydrogen (secondary N) is 2. The summed E-state index contributed by atoms with van der Waals surface area (Å²) >= 11 is 0. The van der Waals surface area contributed by atoms with Crippen LogP contribution in [0.5, 0.6) is 0 Å². The molecule has 0 aromatic carbocycles. The van der Waals surface area contributed by atoms with Crippen molar-refractivity contribution >= 4 is 29.9 Å². The summed E-state index contributed by atoms with van der Waals surface area (Å²) in [5.41, 5.74) is 1.39. The largest absolute Gasteiger partial charge is 0.444 e. The molecule has 1 heterocycles. The van der Waals surface area contributed by atoms with E-state index in [1.807, 2.05) is 13.8 Å². The molecule has 0 saturated heterocycles. The predicted octanol–water partition coefficient (Wildman–Crippen LogP) is 3.93. The molecule has 0 unspecified atom stereocenters. The van der Waals surface area contributed by atoms with Gasteiger partial charge in [0.25, 0.3) is 0 Å². The fourth-order valence-electron chi connectivity index (χ4n) is 3.15. The summed E-state index contributed by atoms with van der Waals surface area (Å²) in [6.45, 7) is 10.6. The maximum atomic E-state index is 5.59. The minimum Gasteiger partial charge on any atom is -0.444 e. The van der Waals surface area contributed by atoms with Crippen molar-refractivity contribution in [2.75, 3.05) is 13.1 Å². The molecule has 0 atom stereocenters. The van der Waals surface area contributed by atoms with E-state index in [4.69, 9.17) is 4.42 Å². The molecule has 2 rings (SSSR count). The van der Waals surface area contributed by atoms with Crippen LogP contribution in [0.3, 0.4) is 0 Å². The number of hydrogen-bond donors (Lipinski definition) is 2. The number of aryl methyl sites for hydroxylation is 2. The van der Waals surface area contributed by atoms with Gasteiger partial charge in [-0.05, 0) is 45.4 Å². The Bertz CT molecular complexity index is 487. The van der Waals surface area contributed by atoms with Crippen molar-refractivity contribution in [3.8, 4) is 0 Å². The van der Waals surface area contributed by atoms with Gasteiger partial charge in [-0.15, -0.1) is 24.0 Å². The van der Waals surface area contributed by atoms with Gasteiger partial charge in [-0.3, -0.25) is 0 Å². The first-order chi connectivity index (χ1) is 10.6. The van der Waals surface area contributed by atoms with E-state index in [-0.39, 0.29) is 24.0 Å². The zero-order valence-electron chi connectivity index (χ0n) is 14.9. The molecule has 0 bridgehead atoms. The minimum absolute atomic E-state index is 0. The molecule has 1 aromatic rings. The highest BCUT2D eigenvalue weighted by Crippen LogP contribution is 2.40. The van der Waals surface area contributed by atoms with Crippen molar-refractivity contribution in [2.45, 2.75) is 66.3 Å². The highest BCUT2D eigenvalue weighted by Gasteiger charge is 2.31. The van der Waals surface area contributed by atoms with Crippen molar-refractivity contribution in [3.63, 3.8) is 0 Å². The zero-order valence-corrected chi connectivity index (χ0v) is 17.2. The van der Waals surface area contributed by atoms with Gasteiger partial charge in [0.1, 0.15) is 12.3 Å². The second-order valence-corrected chi connectivity index (χ2v) is 6.36. The van der Waals surface area contributed by atoms with Crippen molar-refractivity contribution in [2.24, 2.45) is 10.4 Å². The first kappa shape index (κ1) is 20.3. The summed E-state index contributed by atoms with van der Waals surface area (Å²) in [7, 11) is 0. The van der Waals surface area contributed by atoms with Crippen molar-refractivity contribution < 1.29 is 4.42 Å². The van der Waals surface area contributed by atoms with E-state index in [0.717, 1.165) is 30.5 Å². The van der Waals surface area contributed by atoms with E-state index in [9.17, 15) is 0 Å². The standard InChI is InChI=1S/C17H30N4O.HI/c1-5-17(9-7-8-10-17)12-20-16(18-6-2)19-11-15-21-13(3)14(4)22-15;/h5-12H2,1-4H3,(H2,18,19,20);1H. The first-order valence-electron chi connectivity index (χ1n) is 8.53. The summed E-state index contributed by atoms with van der Waals surface area (Å²) in [5.74, 6) is 2.41. The molecule has 1 fully saturated rings. The molecule has 1 aliphatic carbocycles. The van der Waals surface area contributed by atoms with Crippen LogP contribution in [-0.2, 0) is 6.54 Å². The molecule has 0 spiro atoms. The number of aliphatic imine (C=N–C) groups is 1. The quantitative estimate of drug-likeness (QED) is 0.405. The lowest BCUT2D eigenvalue weighted by Crippen LogP contribution is -2.42. The molecule has 1 aliphatic rings. The molecule has 5 nitrogen and oxygen atoms in total. The summed E-state index contributed by atoms with van der Waals surface area (Å²) in [6.07, 6.45) is 6.61. The SMILES string of the molecule is CCNC(=NCc1nc(C)c(C)o1)NCC1(CC)CCCC1.I. The molecule has 0 amide bonds. The van der Waals surface area contributed by atoms with E-state index >= 15 is 0 Å². The van der Waals surface area contributed by atoms with Crippen LogP contribution in [0.15, 0.2) is 9.41 Å². The third-order valence-corrected chi connectivity index (χ3v) is 4.83. The van der Waals surface area contributed by atoms with Crippen LogP contribution in [-0.4, -0.2) is 24.0 Å². The second-order valence-electron chi connectivity index (χ2n) is 6.36. The summed E-state index contributed by atoms with van der Waals surface area (Å²) < 4.78 is 5.59. The predicted molar refractivity (Wildman–Crippen MR) is 105 cm³/mol. The molecule has 1 saturated carbocycles. The number of oxazole rings is 1. The Morgan fingerprint density at radius 2 is 1.91 bits per heavy atom. The fraction of sp³-hybridized carbons (Fsp3) is 0.765. The van der Waals surface area contributed by atoms with Crippen molar-refractivity contribution in [3.05, 3.63) is 17.3 Å². The molecule has 23 heavy (non-hydrogen) atoms. The lowest BCUT2D eigenvalue weighted by atomic mass is 9.83. The summed E-state index contributed by atoms with van der Waals surface area (Å²) in [6, 6.07) is 0. The lowest BCUT2D eigenvalue weighted by molar-refractivity contribution is 0.283. The van der Waals surface area contributed by atoms with Gasteiger partial charge in [0.2, 0.25) is 5.89 Å². The Labute approximate surface area is 157 Å². The Morgan fingerprint density at radius 3 is 2.43 bits per heavy atom. The van der Waals surface area contributed by atoms with E-state index in [1.165, 1.54) is 32.1 Å². The third-order valence-electron chi connectivity index (χ3n) is 4.83. The van der Waals surface area contributed by atoms with Gasteiger partial charge in [0.05, 0.1) is 5.69 Å². The Kier molecular flexibility index (Phi) is 8.36. The van der Waals surface area contributed by atoms with Crippen LogP contribution in [0, 0.1) is 19.3 Å². The van der Waals surface area contributed by atoms with E-state index in [0.29, 0.717) is 17.9 Å². The Morgan fingerprint density at radius 1 is 1.22 bits per heavy atom. The maximum Gasteiger partial charge on any atom is 0.216 e. The lowest BCUT2D eigenvalue weighted by Gasteiger charge is -2.28. The normalized spacial score (nSPS) is 17.0. The Balaban J connectivity index is 0.00000264. The van der Waals surface area contributed by atoms with Gasteiger partial charge in [-0.1, -0.05) is 19.8 Å². The monoisotopic (exact) mass is 434 g/mol. The molecule has 2 N–H and O–H groups in total. The maximum absolute atomic E-state index is 5.59. The van der Waals surface area contributed by atoms with Crippen molar-refractivity contribution in [1.82, 2.24) is 15.6 Å². The van der Waals surface area contributed by atoms with Gasteiger partial charge < -0.3 is 15.1 Å². The van der Waals surface area contributed by atoms with Crippen LogP contribution < -0.4 is 10.6 Å². The van der Waals surface area contributed by atoms with E-state index in [2.05, 4.69) is 34.5 Å². The summed E-state index contributed by atoms with van der Waals surface area (Å²) in [4.78, 5) is 8.98. The first-order valence-corrected chi connectivity index (χ1v) is 8.53. The van der Waals surface area contributed by atoms with Gasteiger partial charge in [-0.25, -0.2) is 9.98 Å². The van der Waals surface area contributed by atoms with E-state index in [1.54, 1.807) is 0 Å². The minimum atomic E-state index is 0. The number of hydrogen-bond acceptors (Lipinski definition) is 3. The third kappa shape index (κ3) is 5.65. The average molecular weight is 434 g/mol. The molecular weight excluding hydrogens is 403 g/mol. The average Bonchev–Trinajstić information content (AvgIpc) is 3.10. The molecule has 1 aromatic heterocycles. The molecule has 0 aliphatic heterocycles. The van der Waals surface area contributed by atoms with Gasteiger partial charge in [-0.2, -0.15) is 0 Å². The van der Waals surface area contributed by atoms with Crippen LogP contribution in [0.1, 0.15) is 63.3 Å². The second kappa shape index (κ2) is 9.49. The van der Waals surface area contributed by atoms with Crippen LogP contribution in [0.25, 0.3) is 0 Å². The fourth-order valence-corrected chi connectivity index (χ4v) is 3.15. The van der Waals surface area contributed by atoms with Crippen LogP contribution >= 0.6 is 24.0 Å². The number of aromatic nitrogens is 1. The smallest absolute Gasteiger partial charge is 0.216 e. The Hall–Kier alpha value is -0.790. The van der Waals surface area contributed by atoms with Gasteiger partial charge in [0, 0.05) is 13.1 Å². The van der Waals surface area contributed by atoms with Crippen molar-refractivity contribution in [1.29, 1.82) is 0 Å². The highest BCUT2D eigenvalue weighted by molar-refractivity contribution is 14.0. The number of halogens is 1. The van der Waals surface area contributed by atoms with Crippen LogP contribution in [0.4, 0.5) is 0 Å². The van der Waals surface area contributed by atoms with Crippen LogP contribution in [0.2, 0.25) is 0 Å². The number of guanidine groups is 1. The topological polar surface area (TPSA) is 62.5 Å². The van der Waals surface area contributed by atoms with Gasteiger partial charge in [0.15, 0.2) is 5.96 Å². The van der Waals surface area contributed by atoms with E-state index < -0.39 is 0 Å². The summed E-state index contributed by atoms with van der Waals surface area (Å²) in [5, 5.41) is 6.82. The number of nitrogens with zero attached hydrogens (tertiary/aromatic N) is 2. The number of rotatable bonds is 6. The zero-order chi connectivity index (χ0) is 16.0. The molecule has 132 valence electrons. The molecule has 6 heteroatoms. The van der Waals surface area contributed by atoms with Gasteiger partial charge >= 0.3 is 0 Å².